The van der Waals surface area contributed by atoms with Gasteiger partial charge >= 0.3 is 5.97 Å². The van der Waals surface area contributed by atoms with Crippen LogP contribution < -0.4 is 14.8 Å². The van der Waals surface area contributed by atoms with E-state index in [1.54, 1.807) is 0 Å². The van der Waals surface area contributed by atoms with Crippen LogP contribution in [0.1, 0.15) is 16.8 Å². The minimum Gasteiger partial charge on any atom is -0.496 e. The van der Waals surface area contributed by atoms with Gasteiger partial charge in [-0.25, -0.2) is 17.9 Å². The Kier molecular flexibility index (Phi) is 7.62. The number of aromatic carboxylic acids is 1. The molecule has 1 amide bonds. The Morgan fingerprint density at radius 3 is 2.54 bits per heavy atom. The molecule has 134 valence electrons. The Morgan fingerprint density at radius 1 is 1.25 bits per heavy atom. The number of carbonyl (C=O) groups is 2. The van der Waals surface area contributed by atoms with Gasteiger partial charge in [-0.2, -0.15) is 0 Å². The first kappa shape index (κ1) is 19.9. The number of sulfonamides is 1. The van der Waals surface area contributed by atoms with Crippen molar-refractivity contribution in [1.29, 1.82) is 0 Å². The molecule has 9 nitrogen and oxygen atoms in total. The zero-order chi connectivity index (χ0) is 18.2. The number of anilines is 1. The second kappa shape index (κ2) is 9.21. The molecule has 0 radical (unpaired) electrons. The van der Waals surface area contributed by atoms with Crippen molar-refractivity contribution in [2.45, 2.75) is 6.42 Å². The lowest BCUT2D eigenvalue weighted by Crippen LogP contribution is -2.34. The van der Waals surface area contributed by atoms with Crippen molar-refractivity contribution >= 4 is 27.6 Å². The topological polar surface area (TPSA) is 131 Å². The number of hydrogen-bond donors (Lipinski definition) is 3. The number of rotatable bonds is 10. The predicted molar refractivity (Wildman–Crippen MR) is 86.9 cm³/mol. The highest BCUT2D eigenvalue weighted by Crippen LogP contribution is 2.23. The SMILES string of the molecule is COCCCS(=O)(=O)NCC(=O)Nc1ccc(C(=O)O)c(OC)c1. The van der Waals surface area contributed by atoms with E-state index in [-0.39, 0.29) is 17.1 Å². The molecule has 1 rings (SSSR count). The van der Waals surface area contributed by atoms with E-state index in [0.29, 0.717) is 18.7 Å². The van der Waals surface area contributed by atoms with Crippen LogP contribution in [0.2, 0.25) is 0 Å². The quantitative estimate of drug-likeness (QED) is 0.511. The first-order valence-corrected chi connectivity index (χ1v) is 8.61. The van der Waals surface area contributed by atoms with Gasteiger partial charge in [0.15, 0.2) is 0 Å². The predicted octanol–water partition coefficient (Wildman–Crippen LogP) is 0.288. The summed E-state index contributed by atoms with van der Waals surface area (Å²) in [6.07, 6.45) is 0.321. The second-order valence-corrected chi connectivity index (χ2v) is 6.68. The number of methoxy groups -OCH3 is 2. The molecular weight excluding hydrogens is 340 g/mol. The highest BCUT2D eigenvalue weighted by molar-refractivity contribution is 7.89. The molecule has 24 heavy (non-hydrogen) atoms. The van der Waals surface area contributed by atoms with Crippen LogP contribution in [0.3, 0.4) is 0 Å². The second-order valence-electron chi connectivity index (χ2n) is 4.75. The first-order chi connectivity index (χ1) is 11.3. The van der Waals surface area contributed by atoms with Crippen molar-refractivity contribution in [3.8, 4) is 5.75 Å². The summed E-state index contributed by atoms with van der Waals surface area (Å²) in [5.74, 6) is -1.81. The molecule has 0 unspecified atom stereocenters. The van der Waals surface area contributed by atoms with Crippen LogP contribution in [-0.2, 0) is 19.6 Å². The average molecular weight is 360 g/mol. The Balaban J connectivity index is 2.61. The van der Waals surface area contributed by atoms with Crippen molar-refractivity contribution in [2.75, 3.05) is 38.4 Å². The Hall–Kier alpha value is -2.17. The number of amides is 1. The molecule has 0 fully saturated rings. The summed E-state index contributed by atoms with van der Waals surface area (Å²) in [6, 6.07) is 4.01. The van der Waals surface area contributed by atoms with E-state index in [9.17, 15) is 18.0 Å². The van der Waals surface area contributed by atoms with Crippen molar-refractivity contribution < 1.29 is 32.6 Å². The lowest BCUT2D eigenvalue weighted by molar-refractivity contribution is -0.115. The highest BCUT2D eigenvalue weighted by Gasteiger charge is 2.14. The number of hydrogen-bond acceptors (Lipinski definition) is 6. The van der Waals surface area contributed by atoms with Crippen molar-refractivity contribution in [2.24, 2.45) is 0 Å². The summed E-state index contributed by atoms with van der Waals surface area (Å²) >= 11 is 0. The van der Waals surface area contributed by atoms with Crippen molar-refractivity contribution in [3.05, 3.63) is 23.8 Å². The summed E-state index contributed by atoms with van der Waals surface area (Å²) in [5, 5.41) is 11.4. The minimum absolute atomic E-state index is 0.0469. The fraction of sp³-hybridized carbons (Fsp3) is 0.429. The maximum absolute atomic E-state index is 11.8. The van der Waals surface area contributed by atoms with Gasteiger partial charge in [-0.3, -0.25) is 4.79 Å². The van der Waals surface area contributed by atoms with Gasteiger partial charge in [0.1, 0.15) is 11.3 Å². The molecule has 1 aromatic rings. The third-order valence-electron chi connectivity index (χ3n) is 2.93. The molecule has 0 bridgehead atoms. The molecule has 1 aromatic carbocycles. The van der Waals surface area contributed by atoms with Gasteiger partial charge in [0, 0.05) is 25.5 Å². The number of ether oxygens (including phenoxy) is 2. The number of carbonyl (C=O) groups excluding carboxylic acids is 1. The zero-order valence-corrected chi connectivity index (χ0v) is 14.2. The standard InChI is InChI=1S/C14H20N2O7S/c1-22-6-3-7-24(20,21)15-9-13(17)16-10-4-5-11(14(18)19)12(8-10)23-2/h4-5,8,15H,3,6-7,9H2,1-2H3,(H,16,17)(H,18,19). The molecule has 0 aliphatic carbocycles. The fourth-order valence-corrected chi connectivity index (χ4v) is 2.79. The number of carboxylic acids is 1. The molecule has 0 atom stereocenters. The van der Waals surface area contributed by atoms with Crippen LogP contribution in [0.25, 0.3) is 0 Å². The lowest BCUT2D eigenvalue weighted by Gasteiger charge is -2.10. The molecule has 3 N–H and O–H groups in total. The van der Waals surface area contributed by atoms with E-state index in [1.165, 1.54) is 32.4 Å². The number of benzene rings is 1. The van der Waals surface area contributed by atoms with Crippen LogP contribution in [0, 0.1) is 0 Å². The largest absolute Gasteiger partial charge is 0.496 e. The van der Waals surface area contributed by atoms with E-state index in [0.717, 1.165) is 0 Å². The molecule has 0 aromatic heterocycles. The summed E-state index contributed by atoms with van der Waals surface area (Å²) in [5.41, 5.74) is 0.245. The van der Waals surface area contributed by atoms with Gasteiger partial charge in [0.05, 0.1) is 19.4 Å². The van der Waals surface area contributed by atoms with E-state index >= 15 is 0 Å². The smallest absolute Gasteiger partial charge is 0.339 e. The first-order valence-electron chi connectivity index (χ1n) is 6.96. The number of carboxylic acid groups (broad SMARTS) is 1. The van der Waals surface area contributed by atoms with Crippen LogP contribution in [0.4, 0.5) is 5.69 Å². The van der Waals surface area contributed by atoms with Crippen LogP contribution >= 0.6 is 0 Å². The number of nitrogens with one attached hydrogen (secondary N) is 2. The summed E-state index contributed by atoms with van der Waals surface area (Å²) in [7, 11) is -0.788. The third kappa shape index (κ3) is 6.52. The molecule has 0 aliphatic rings. The lowest BCUT2D eigenvalue weighted by atomic mass is 10.2. The molecule has 0 saturated carbocycles. The minimum atomic E-state index is -3.57. The van der Waals surface area contributed by atoms with Gasteiger partial charge < -0.3 is 19.9 Å². The monoisotopic (exact) mass is 360 g/mol. The normalized spacial score (nSPS) is 11.1. The maximum atomic E-state index is 11.8. The van der Waals surface area contributed by atoms with E-state index < -0.39 is 28.4 Å². The summed E-state index contributed by atoms with van der Waals surface area (Å²) < 4.78 is 35.2. The van der Waals surface area contributed by atoms with Gasteiger partial charge in [-0.05, 0) is 18.6 Å². The van der Waals surface area contributed by atoms with Crippen molar-refractivity contribution in [1.82, 2.24) is 4.72 Å². The van der Waals surface area contributed by atoms with Crippen molar-refractivity contribution in [3.63, 3.8) is 0 Å². The molecular formula is C14H20N2O7S. The van der Waals surface area contributed by atoms with E-state index in [2.05, 4.69) is 10.0 Å². The van der Waals surface area contributed by atoms with Gasteiger partial charge in [0.25, 0.3) is 0 Å². The Labute approximate surface area is 140 Å². The third-order valence-corrected chi connectivity index (χ3v) is 4.34. The fourth-order valence-electron chi connectivity index (χ4n) is 1.79. The van der Waals surface area contributed by atoms with E-state index in [1.807, 2.05) is 0 Å². The van der Waals surface area contributed by atoms with Gasteiger partial charge in [0.2, 0.25) is 15.9 Å². The molecule has 0 spiro atoms. The van der Waals surface area contributed by atoms with Gasteiger partial charge in [-0.15, -0.1) is 0 Å². The van der Waals surface area contributed by atoms with Crippen LogP contribution in [0.5, 0.6) is 5.75 Å². The molecule has 0 saturated heterocycles. The molecule has 0 aliphatic heterocycles. The van der Waals surface area contributed by atoms with Gasteiger partial charge in [-0.1, -0.05) is 0 Å². The molecule has 10 heteroatoms. The molecule has 0 heterocycles. The summed E-state index contributed by atoms with van der Waals surface area (Å²) in [6.45, 7) is -0.124. The average Bonchev–Trinajstić information content (AvgIpc) is 2.53. The van der Waals surface area contributed by atoms with E-state index in [4.69, 9.17) is 14.6 Å². The Morgan fingerprint density at radius 2 is 1.96 bits per heavy atom. The zero-order valence-electron chi connectivity index (χ0n) is 13.4. The Bertz CT molecular complexity index is 688. The highest BCUT2D eigenvalue weighted by atomic mass is 32.2. The maximum Gasteiger partial charge on any atom is 0.339 e. The summed E-state index contributed by atoms with van der Waals surface area (Å²) in [4.78, 5) is 22.8. The van der Waals surface area contributed by atoms with Crippen LogP contribution in [0.15, 0.2) is 18.2 Å². The van der Waals surface area contributed by atoms with Crippen LogP contribution in [-0.4, -0.2) is 58.5 Å².